The van der Waals surface area contributed by atoms with Gasteiger partial charge in [0.2, 0.25) is 0 Å². The van der Waals surface area contributed by atoms with Crippen LogP contribution in [0, 0.1) is 0 Å². The van der Waals surface area contributed by atoms with Gasteiger partial charge in [-0.1, -0.05) is 39.0 Å². The molecule has 3 heterocycles. The maximum atomic E-state index is 13.0. The number of aromatic nitrogens is 1. The van der Waals surface area contributed by atoms with Crippen molar-refractivity contribution in [2.45, 2.75) is 52.0 Å². The molecule has 0 atom stereocenters. The van der Waals surface area contributed by atoms with Gasteiger partial charge in [-0.25, -0.2) is 0 Å². The summed E-state index contributed by atoms with van der Waals surface area (Å²) < 4.78 is 5.04. The Hall–Kier alpha value is -0.500. The molecular weight excluding hydrogens is 486 g/mol. The summed E-state index contributed by atoms with van der Waals surface area (Å²) in [6, 6.07) is 3.68. The molecule has 0 aliphatic heterocycles. The van der Waals surface area contributed by atoms with Gasteiger partial charge in [0.15, 0.2) is 0 Å². The lowest BCUT2D eigenvalue weighted by Crippen LogP contribution is -2.30. The number of fused-ring (bicyclic) bond motifs is 3. The van der Waals surface area contributed by atoms with E-state index in [1.165, 1.54) is 46.5 Å². The lowest BCUT2D eigenvalue weighted by molar-refractivity contribution is 0.546. The first-order valence-electron chi connectivity index (χ1n) is 8.48. The van der Waals surface area contributed by atoms with Crippen molar-refractivity contribution in [2.75, 3.05) is 0 Å². The second kappa shape index (κ2) is 8.46. The number of nitrogens with zero attached hydrogens (tertiary/aromatic N) is 1. The highest BCUT2D eigenvalue weighted by Gasteiger charge is 2.15. The van der Waals surface area contributed by atoms with Crippen LogP contribution in [0.5, 0.6) is 0 Å². The lowest BCUT2D eigenvalue weighted by atomic mass is 10.1. The summed E-state index contributed by atoms with van der Waals surface area (Å²) in [5, 5.41) is 1.26. The summed E-state index contributed by atoms with van der Waals surface area (Å²) in [5.41, 5.74) is -0.343. The maximum absolute atomic E-state index is 13.0. The molecule has 25 heavy (non-hydrogen) atoms. The van der Waals surface area contributed by atoms with Gasteiger partial charge >= 0.3 is 0 Å². The van der Waals surface area contributed by atoms with Crippen molar-refractivity contribution in [2.24, 2.45) is 0 Å². The number of thiophene rings is 2. The van der Waals surface area contributed by atoms with E-state index in [-0.39, 0.29) is 11.1 Å². The molecule has 0 aliphatic carbocycles. The van der Waals surface area contributed by atoms with Gasteiger partial charge < -0.3 is 0 Å². The van der Waals surface area contributed by atoms with E-state index in [2.05, 4.69) is 38.8 Å². The summed E-state index contributed by atoms with van der Waals surface area (Å²) in [6.07, 6.45) is 6.77. The van der Waals surface area contributed by atoms with Crippen molar-refractivity contribution in [3.63, 3.8) is 0 Å². The first-order chi connectivity index (χ1) is 12.0. The monoisotopic (exact) mass is 503 g/mol. The predicted molar refractivity (Wildman–Crippen MR) is 117 cm³/mol. The molecule has 3 rings (SSSR count). The molecule has 0 amide bonds. The Morgan fingerprint density at radius 1 is 0.840 bits per heavy atom. The van der Waals surface area contributed by atoms with Crippen molar-refractivity contribution in [1.82, 2.24) is 4.57 Å². The summed E-state index contributed by atoms with van der Waals surface area (Å²) in [6.45, 7) is 2.69. The predicted octanol–water partition coefficient (Wildman–Crippen LogP) is 6.52. The van der Waals surface area contributed by atoms with Crippen molar-refractivity contribution < 1.29 is 0 Å². The van der Waals surface area contributed by atoms with Crippen LogP contribution in [0.1, 0.15) is 45.4 Å². The molecule has 0 bridgehead atoms. The van der Waals surface area contributed by atoms with Crippen LogP contribution in [-0.4, -0.2) is 4.57 Å². The Labute approximate surface area is 170 Å². The normalized spacial score (nSPS) is 11.6. The molecule has 0 fully saturated rings. The highest BCUT2D eigenvalue weighted by atomic mass is 79.9. The minimum absolute atomic E-state index is 0.171. The van der Waals surface area contributed by atoms with Gasteiger partial charge in [0.05, 0.1) is 27.7 Å². The zero-order chi connectivity index (χ0) is 18.0. The van der Waals surface area contributed by atoms with Crippen LogP contribution in [0.25, 0.3) is 20.2 Å². The number of unbranched alkanes of at least 4 members (excludes halogenated alkanes) is 5. The van der Waals surface area contributed by atoms with Gasteiger partial charge in [0.25, 0.3) is 11.1 Å². The fourth-order valence-electron chi connectivity index (χ4n) is 3.01. The Bertz CT molecular complexity index is 946. The van der Waals surface area contributed by atoms with Crippen molar-refractivity contribution in [1.29, 1.82) is 0 Å². The van der Waals surface area contributed by atoms with Gasteiger partial charge in [-0.05, 0) is 50.4 Å². The summed E-state index contributed by atoms with van der Waals surface area (Å²) in [5.74, 6) is 0. The van der Waals surface area contributed by atoms with Gasteiger partial charge in [-0.2, -0.15) is 0 Å². The number of rotatable bonds is 7. The lowest BCUT2D eigenvalue weighted by Gasteiger charge is -2.03. The highest BCUT2D eigenvalue weighted by molar-refractivity contribution is 9.11. The van der Waals surface area contributed by atoms with Crippen LogP contribution in [0.4, 0.5) is 0 Å². The molecule has 134 valence electrons. The number of hydrogen-bond acceptors (Lipinski definition) is 4. The Kier molecular flexibility index (Phi) is 6.52. The van der Waals surface area contributed by atoms with E-state index < -0.39 is 0 Å². The first kappa shape index (κ1) is 19.3. The van der Waals surface area contributed by atoms with E-state index in [0.29, 0.717) is 17.3 Å². The SMILES string of the molecule is CCCCCCCCn1c(=O)c2cc(Br)sc2c2sc(Br)cc2c1=O. The maximum Gasteiger partial charge on any atom is 0.262 e. The van der Waals surface area contributed by atoms with E-state index in [4.69, 9.17) is 0 Å². The van der Waals surface area contributed by atoms with E-state index in [9.17, 15) is 9.59 Å². The number of hydrogen-bond donors (Lipinski definition) is 0. The van der Waals surface area contributed by atoms with Crippen LogP contribution < -0.4 is 11.1 Å². The molecule has 0 spiro atoms. The second-order valence-electron chi connectivity index (χ2n) is 6.12. The molecule has 0 N–H and O–H groups in total. The third-order valence-electron chi connectivity index (χ3n) is 4.30. The summed E-state index contributed by atoms with van der Waals surface area (Å²) in [4.78, 5) is 25.9. The molecule has 0 aliphatic rings. The van der Waals surface area contributed by atoms with E-state index in [1.54, 1.807) is 0 Å². The average molecular weight is 505 g/mol. The third-order valence-corrected chi connectivity index (χ3v) is 7.74. The second-order valence-corrected chi connectivity index (χ2v) is 11.0. The minimum Gasteiger partial charge on any atom is -0.274 e. The zero-order valence-corrected chi connectivity index (χ0v) is 18.7. The molecule has 3 nitrogen and oxygen atoms in total. The Balaban J connectivity index is 2.04. The van der Waals surface area contributed by atoms with Gasteiger partial charge in [-0.3, -0.25) is 14.2 Å². The van der Waals surface area contributed by atoms with Crippen LogP contribution in [0.15, 0.2) is 29.3 Å². The smallest absolute Gasteiger partial charge is 0.262 e. The largest absolute Gasteiger partial charge is 0.274 e. The van der Waals surface area contributed by atoms with Crippen LogP contribution in [0.2, 0.25) is 0 Å². The molecule has 3 aromatic rings. The Morgan fingerprint density at radius 3 is 1.84 bits per heavy atom. The van der Waals surface area contributed by atoms with Crippen molar-refractivity contribution in [3.05, 3.63) is 40.4 Å². The molecule has 0 radical (unpaired) electrons. The van der Waals surface area contributed by atoms with Crippen molar-refractivity contribution in [3.8, 4) is 0 Å². The fraction of sp³-hybridized carbons (Fsp3) is 0.444. The highest BCUT2D eigenvalue weighted by Crippen LogP contribution is 2.37. The van der Waals surface area contributed by atoms with Crippen LogP contribution in [-0.2, 0) is 6.54 Å². The van der Waals surface area contributed by atoms with Gasteiger partial charge in [0, 0.05) is 6.54 Å². The summed E-state index contributed by atoms with van der Waals surface area (Å²) >= 11 is 9.99. The minimum atomic E-state index is -0.171. The first-order valence-corrected chi connectivity index (χ1v) is 11.7. The average Bonchev–Trinajstić information content (AvgIpc) is 3.14. The topological polar surface area (TPSA) is 39.1 Å². The molecular formula is C18H19Br2NO2S2. The standard InChI is InChI=1S/C18H19Br2NO2S2/c1-2-3-4-5-6-7-8-21-17(22)11-9-13(19)24-15(11)16-12(18(21)23)10-14(20)25-16/h9-10H,2-8H2,1H3. The third kappa shape index (κ3) is 4.10. The van der Waals surface area contributed by atoms with Crippen LogP contribution in [0.3, 0.4) is 0 Å². The van der Waals surface area contributed by atoms with E-state index in [1.807, 2.05) is 12.1 Å². The molecule has 0 unspecified atom stereocenters. The molecule has 7 heteroatoms. The quantitative estimate of drug-likeness (QED) is 0.343. The zero-order valence-electron chi connectivity index (χ0n) is 13.9. The molecule has 0 saturated carbocycles. The van der Waals surface area contributed by atoms with Crippen LogP contribution >= 0.6 is 54.5 Å². The molecule has 3 aromatic heterocycles. The fourth-order valence-corrected chi connectivity index (χ4v) is 6.35. The Morgan fingerprint density at radius 2 is 1.32 bits per heavy atom. The summed E-state index contributed by atoms with van der Waals surface area (Å²) in [7, 11) is 0. The van der Waals surface area contributed by atoms with E-state index >= 15 is 0 Å². The van der Waals surface area contributed by atoms with E-state index in [0.717, 1.165) is 36.2 Å². The molecule has 0 aromatic carbocycles. The van der Waals surface area contributed by atoms with Gasteiger partial charge in [-0.15, -0.1) is 22.7 Å². The number of halogens is 2. The van der Waals surface area contributed by atoms with Crippen molar-refractivity contribution >= 4 is 74.7 Å². The van der Waals surface area contributed by atoms with Gasteiger partial charge in [0.1, 0.15) is 0 Å². The molecule has 0 saturated heterocycles.